The van der Waals surface area contributed by atoms with E-state index in [0.717, 1.165) is 5.56 Å². The standard InChI is InChI=1S/C18H16ClN3O3S/c1-12-2-5-14(10-16(12)22(24)25)17(23)21-9-8-20-18(21)26-11-13-3-6-15(19)7-4-13/h2-7,10H,8-9,11H2,1H3. The number of thioether (sulfide) groups is 1. The van der Waals surface area contributed by atoms with Gasteiger partial charge in [0.1, 0.15) is 0 Å². The molecule has 134 valence electrons. The van der Waals surface area contributed by atoms with Crippen LogP contribution in [0.15, 0.2) is 47.5 Å². The molecule has 0 N–H and O–H groups in total. The molecule has 1 heterocycles. The lowest BCUT2D eigenvalue weighted by molar-refractivity contribution is -0.385. The average Bonchev–Trinajstić information content (AvgIpc) is 3.09. The summed E-state index contributed by atoms with van der Waals surface area (Å²) in [6.07, 6.45) is 0. The lowest BCUT2D eigenvalue weighted by Gasteiger charge is -2.18. The zero-order valence-electron chi connectivity index (χ0n) is 14.0. The summed E-state index contributed by atoms with van der Waals surface area (Å²) in [5.41, 5.74) is 1.85. The summed E-state index contributed by atoms with van der Waals surface area (Å²) < 4.78 is 0. The molecule has 0 aromatic heterocycles. The second-order valence-corrected chi connectivity index (χ2v) is 7.17. The van der Waals surface area contributed by atoms with Gasteiger partial charge in [0.25, 0.3) is 11.6 Å². The fourth-order valence-electron chi connectivity index (χ4n) is 2.56. The molecule has 6 nitrogen and oxygen atoms in total. The molecule has 0 saturated heterocycles. The molecule has 0 radical (unpaired) electrons. The van der Waals surface area contributed by atoms with Crippen LogP contribution in [0, 0.1) is 17.0 Å². The van der Waals surface area contributed by atoms with Gasteiger partial charge in [0.15, 0.2) is 5.17 Å². The molecule has 2 aromatic carbocycles. The third-order valence-corrected chi connectivity index (χ3v) is 5.32. The number of halogens is 1. The monoisotopic (exact) mass is 389 g/mol. The Bertz CT molecular complexity index is 884. The number of hydrogen-bond acceptors (Lipinski definition) is 5. The highest BCUT2D eigenvalue weighted by atomic mass is 35.5. The number of hydrogen-bond donors (Lipinski definition) is 0. The lowest BCUT2D eigenvalue weighted by Crippen LogP contribution is -2.32. The van der Waals surface area contributed by atoms with Crippen molar-refractivity contribution in [3.05, 3.63) is 74.3 Å². The minimum atomic E-state index is -0.472. The van der Waals surface area contributed by atoms with Gasteiger partial charge in [-0.3, -0.25) is 24.8 Å². The van der Waals surface area contributed by atoms with E-state index in [9.17, 15) is 14.9 Å². The molecular formula is C18H16ClN3O3S. The van der Waals surface area contributed by atoms with Crippen molar-refractivity contribution in [1.82, 2.24) is 4.90 Å². The first-order valence-electron chi connectivity index (χ1n) is 7.94. The Morgan fingerprint density at radius 2 is 2.04 bits per heavy atom. The van der Waals surface area contributed by atoms with Gasteiger partial charge in [-0.1, -0.05) is 41.6 Å². The van der Waals surface area contributed by atoms with Gasteiger partial charge in [0, 0.05) is 34.5 Å². The second kappa shape index (κ2) is 7.88. The van der Waals surface area contributed by atoms with E-state index in [-0.39, 0.29) is 11.6 Å². The van der Waals surface area contributed by atoms with Crippen molar-refractivity contribution in [2.75, 3.05) is 13.1 Å². The van der Waals surface area contributed by atoms with Crippen molar-refractivity contribution in [2.45, 2.75) is 12.7 Å². The van der Waals surface area contributed by atoms with Crippen molar-refractivity contribution in [3.63, 3.8) is 0 Å². The van der Waals surface area contributed by atoms with Gasteiger partial charge in [-0.15, -0.1) is 0 Å². The van der Waals surface area contributed by atoms with Crippen LogP contribution in [0.5, 0.6) is 0 Å². The molecule has 0 saturated carbocycles. The summed E-state index contributed by atoms with van der Waals surface area (Å²) in [5, 5.41) is 12.4. The van der Waals surface area contributed by atoms with E-state index in [4.69, 9.17) is 11.6 Å². The summed E-state index contributed by atoms with van der Waals surface area (Å²) in [5.74, 6) is 0.390. The van der Waals surface area contributed by atoms with E-state index >= 15 is 0 Å². The predicted molar refractivity (Wildman–Crippen MR) is 104 cm³/mol. The van der Waals surface area contributed by atoms with Crippen molar-refractivity contribution in [1.29, 1.82) is 0 Å². The molecular weight excluding hydrogens is 374 g/mol. The number of carbonyl (C=O) groups is 1. The summed E-state index contributed by atoms with van der Waals surface area (Å²) in [6, 6.07) is 12.0. The predicted octanol–water partition coefficient (Wildman–Crippen LogP) is 4.30. The van der Waals surface area contributed by atoms with Crippen LogP contribution >= 0.6 is 23.4 Å². The maximum Gasteiger partial charge on any atom is 0.273 e. The number of nitro benzene ring substituents is 1. The van der Waals surface area contributed by atoms with Crippen molar-refractivity contribution in [2.24, 2.45) is 4.99 Å². The Hall–Kier alpha value is -2.38. The zero-order valence-corrected chi connectivity index (χ0v) is 15.6. The fraction of sp³-hybridized carbons (Fsp3) is 0.222. The van der Waals surface area contributed by atoms with Crippen LogP contribution in [0.25, 0.3) is 0 Å². The number of nitro groups is 1. The molecule has 1 amide bonds. The topological polar surface area (TPSA) is 75.8 Å². The molecule has 3 rings (SSSR count). The molecule has 2 aromatic rings. The van der Waals surface area contributed by atoms with Crippen LogP contribution in [0.4, 0.5) is 5.69 Å². The quantitative estimate of drug-likeness (QED) is 0.577. The summed E-state index contributed by atoms with van der Waals surface area (Å²) in [6.45, 7) is 2.66. The van der Waals surface area contributed by atoms with Gasteiger partial charge in [-0.25, -0.2) is 0 Å². The van der Waals surface area contributed by atoms with E-state index in [1.807, 2.05) is 24.3 Å². The van der Waals surface area contributed by atoms with Gasteiger partial charge in [-0.2, -0.15) is 0 Å². The largest absolute Gasteiger partial charge is 0.286 e. The van der Waals surface area contributed by atoms with Gasteiger partial charge >= 0.3 is 0 Å². The van der Waals surface area contributed by atoms with Crippen LogP contribution in [-0.4, -0.2) is 34.0 Å². The van der Waals surface area contributed by atoms with Crippen molar-refractivity contribution < 1.29 is 9.72 Å². The molecule has 0 atom stereocenters. The number of nitrogens with zero attached hydrogens (tertiary/aromatic N) is 3. The Kier molecular flexibility index (Phi) is 5.58. The van der Waals surface area contributed by atoms with Crippen LogP contribution in [-0.2, 0) is 5.75 Å². The minimum absolute atomic E-state index is 0.0534. The van der Waals surface area contributed by atoms with Crippen LogP contribution in [0.1, 0.15) is 21.5 Å². The van der Waals surface area contributed by atoms with Gasteiger partial charge < -0.3 is 0 Å². The normalized spacial score (nSPS) is 13.6. The maximum absolute atomic E-state index is 12.8. The summed E-state index contributed by atoms with van der Waals surface area (Å²) in [4.78, 5) is 29.4. The van der Waals surface area contributed by atoms with Crippen LogP contribution < -0.4 is 0 Å². The van der Waals surface area contributed by atoms with Crippen molar-refractivity contribution >= 4 is 40.1 Å². The van der Waals surface area contributed by atoms with E-state index in [1.54, 1.807) is 24.0 Å². The number of carbonyl (C=O) groups excluding carboxylic acids is 1. The first kappa shape index (κ1) is 18.4. The molecule has 26 heavy (non-hydrogen) atoms. The first-order chi connectivity index (χ1) is 12.5. The summed E-state index contributed by atoms with van der Waals surface area (Å²) in [7, 11) is 0. The highest BCUT2D eigenvalue weighted by Crippen LogP contribution is 2.24. The Morgan fingerprint density at radius 1 is 1.31 bits per heavy atom. The molecule has 8 heteroatoms. The van der Waals surface area contributed by atoms with E-state index in [1.165, 1.54) is 17.8 Å². The van der Waals surface area contributed by atoms with Crippen molar-refractivity contribution in [3.8, 4) is 0 Å². The Morgan fingerprint density at radius 3 is 2.73 bits per heavy atom. The molecule has 0 bridgehead atoms. The fourth-order valence-corrected chi connectivity index (χ4v) is 3.69. The number of aliphatic imine (C=N–C) groups is 1. The lowest BCUT2D eigenvalue weighted by atomic mass is 10.1. The highest BCUT2D eigenvalue weighted by molar-refractivity contribution is 8.13. The average molecular weight is 390 g/mol. The van der Waals surface area contributed by atoms with E-state index < -0.39 is 4.92 Å². The third-order valence-electron chi connectivity index (χ3n) is 3.98. The van der Waals surface area contributed by atoms with Gasteiger partial charge in [-0.05, 0) is 30.7 Å². The molecule has 0 aliphatic carbocycles. The van der Waals surface area contributed by atoms with Crippen LogP contribution in [0.3, 0.4) is 0 Å². The molecule has 0 spiro atoms. The number of amidine groups is 1. The van der Waals surface area contributed by atoms with E-state index in [2.05, 4.69) is 4.99 Å². The Balaban J connectivity index is 1.73. The molecule has 1 aliphatic rings. The minimum Gasteiger partial charge on any atom is -0.286 e. The van der Waals surface area contributed by atoms with E-state index in [0.29, 0.717) is 40.2 Å². The smallest absolute Gasteiger partial charge is 0.273 e. The first-order valence-corrected chi connectivity index (χ1v) is 9.30. The Labute approximate surface area is 160 Å². The highest BCUT2D eigenvalue weighted by Gasteiger charge is 2.26. The number of rotatable bonds is 4. The third kappa shape index (κ3) is 4.05. The van der Waals surface area contributed by atoms with Gasteiger partial charge in [0.2, 0.25) is 0 Å². The molecule has 0 unspecified atom stereocenters. The molecule has 0 fully saturated rings. The second-order valence-electron chi connectivity index (χ2n) is 5.79. The summed E-state index contributed by atoms with van der Waals surface area (Å²) >= 11 is 7.35. The SMILES string of the molecule is Cc1ccc(C(=O)N2CCN=C2SCc2ccc(Cl)cc2)cc1[N+](=O)[O-]. The molecule has 1 aliphatic heterocycles. The van der Waals surface area contributed by atoms with Gasteiger partial charge in [0.05, 0.1) is 11.5 Å². The number of amides is 1. The zero-order chi connectivity index (χ0) is 18.7. The number of aryl methyl sites for hydroxylation is 1. The van der Waals surface area contributed by atoms with Crippen LogP contribution in [0.2, 0.25) is 5.02 Å². The maximum atomic E-state index is 12.8. The number of benzene rings is 2.